The smallest absolute Gasteiger partial charge is 0.416 e. The molecule has 0 amide bonds. The predicted octanol–water partition coefficient (Wildman–Crippen LogP) is 4.44. The molecule has 0 radical (unpaired) electrons. The molecule has 0 aromatic heterocycles. The van der Waals surface area contributed by atoms with Gasteiger partial charge in [-0.2, -0.15) is 13.2 Å². The summed E-state index contributed by atoms with van der Waals surface area (Å²) in [6.07, 6.45) is -4.05. The number of hydrogen-bond donors (Lipinski definition) is 1. The highest BCUT2D eigenvalue weighted by Crippen LogP contribution is 2.31. The van der Waals surface area contributed by atoms with E-state index in [0.717, 1.165) is 17.7 Å². The Labute approximate surface area is 129 Å². The molecule has 22 heavy (non-hydrogen) atoms. The number of benzene rings is 2. The van der Waals surface area contributed by atoms with Crippen molar-refractivity contribution in [2.24, 2.45) is 0 Å². The van der Waals surface area contributed by atoms with Crippen LogP contribution in [0.25, 0.3) is 0 Å². The van der Waals surface area contributed by atoms with Crippen molar-refractivity contribution >= 4 is 0 Å². The van der Waals surface area contributed by atoms with E-state index in [9.17, 15) is 13.2 Å². The Morgan fingerprint density at radius 2 is 1.86 bits per heavy atom. The van der Waals surface area contributed by atoms with E-state index >= 15 is 0 Å². The lowest BCUT2D eigenvalue weighted by atomic mass is 10.1. The Kier molecular flexibility index (Phi) is 4.96. The van der Waals surface area contributed by atoms with Crippen molar-refractivity contribution in [3.05, 3.63) is 65.7 Å². The van der Waals surface area contributed by atoms with E-state index < -0.39 is 11.7 Å². The van der Waals surface area contributed by atoms with Gasteiger partial charge in [-0.3, -0.25) is 0 Å². The van der Waals surface area contributed by atoms with Crippen LogP contribution in [0.15, 0.2) is 54.6 Å². The first-order valence-electron chi connectivity index (χ1n) is 7.45. The summed E-state index contributed by atoms with van der Waals surface area (Å²) in [5, 5.41) is 3.02. The monoisotopic (exact) mass is 311 g/mol. The number of hydrogen-bond acceptors (Lipinski definition) is 2. The second-order valence-corrected chi connectivity index (χ2v) is 4.86. The predicted molar refractivity (Wildman–Crippen MR) is 79.8 cm³/mol. The number of nitrogens with one attached hydrogen (secondary N) is 1. The summed E-state index contributed by atoms with van der Waals surface area (Å²) in [5.74, 6) is 0.370. The third-order valence-corrected chi connectivity index (χ3v) is 3.22. The van der Waals surface area contributed by atoms with Gasteiger partial charge in [0.1, 0.15) is 11.9 Å². The quantitative estimate of drug-likeness (QED) is 0.852. The lowest BCUT2D eigenvalue weighted by Crippen LogP contribution is -2.16. The van der Waals surface area contributed by atoms with Crippen LogP contribution in [0.3, 0.4) is 0 Å². The number of ether oxygens (including phenoxy) is 1. The minimum atomic E-state index is -4.36. The summed E-state index contributed by atoms with van der Waals surface area (Å²) in [5.41, 5.74) is 0.123. The zero-order valence-corrected chi connectivity index (χ0v) is 12.2. The maximum absolute atomic E-state index is 12.6. The van der Waals surface area contributed by atoms with E-state index in [4.69, 9.17) is 6.11 Å². The van der Waals surface area contributed by atoms with E-state index in [0.29, 0.717) is 24.8 Å². The van der Waals surface area contributed by atoms with Crippen LogP contribution in [0.2, 0.25) is 0 Å². The molecule has 2 nitrogen and oxygen atoms in total. The molecule has 1 unspecified atom stereocenters. The zero-order chi connectivity index (χ0) is 16.9. The summed E-state index contributed by atoms with van der Waals surface area (Å²) in [4.78, 5) is 0. The Morgan fingerprint density at radius 3 is 2.45 bits per heavy atom. The minimum Gasteiger partial charge on any atom is -0.486 e. The van der Waals surface area contributed by atoms with Gasteiger partial charge in [0.2, 0.25) is 0 Å². The van der Waals surface area contributed by atoms with Crippen LogP contribution >= 0.6 is 0 Å². The molecule has 2 aromatic rings. The molecule has 118 valence electrons. The second-order valence-electron chi connectivity index (χ2n) is 4.86. The van der Waals surface area contributed by atoms with Gasteiger partial charge in [0.15, 0.2) is 0 Å². The number of alkyl halides is 3. The molecule has 1 N–H and O–H groups in total. The molecule has 0 spiro atoms. The highest BCUT2D eigenvalue weighted by Gasteiger charge is 2.30. The van der Waals surface area contributed by atoms with Crippen molar-refractivity contribution in [2.75, 3.05) is 13.6 Å². The van der Waals surface area contributed by atoms with Crippen LogP contribution in [0.1, 0.15) is 25.0 Å². The Morgan fingerprint density at radius 1 is 1.14 bits per heavy atom. The van der Waals surface area contributed by atoms with Crippen molar-refractivity contribution in [1.29, 1.82) is 0 Å². The molecule has 0 aliphatic carbocycles. The van der Waals surface area contributed by atoms with E-state index in [1.807, 2.05) is 13.1 Å². The van der Waals surface area contributed by atoms with E-state index in [-0.39, 0.29) is 6.10 Å². The highest BCUT2D eigenvalue weighted by atomic mass is 19.4. The SMILES string of the molecule is [3H]c1cccc(C(CCNC)Oc2ccc(C(F)(F)F)cc2)c1. The normalized spacial score (nSPS) is 13.5. The Balaban J connectivity index is 2.17. The summed E-state index contributed by atoms with van der Waals surface area (Å²) < 4.78 is 51.3. The largest absolute Gasteiger partial charge is 0.486 e. The van der Waals surface area contributed by atoms with Gasteiger partial charge < -0.3 is 10.1 Å². The van der Waals surface area contributed by atoms with Crippen molar-refractivity contribution in [3.8, 4) is 5.75 Å². The number of rotatable bonds is 6. The summed E-state index contributed by atoms with van der Waals surface area (Å²) in [7, 11) is 1.82. The summed E-state index contributed by atoms with van der Waals surface area (Å²) >= 11 is 0. The standard InChI is InChI=1S/C17H18F3NO/c1-21-12-11-16(13-5-3-2-4-6-13)22-15-9-7-14(8-10-15)17(18,19)20/h2-10,16,21H,11-12H2,1H3/i3T. The van der Waals surface area contributed by atoms with Crippen molar-refractivity contribution in [1.82, 2.24) is 5.32 Å². The molecule has 0 aliphatic heterocycles. The van der Waals surface area contributed by atoms with Gasteiger partial charge in [0, 0.05) is 6.42 Å². The van der Waals surface area contributed by atoms with Gasteiger partial charge in [-0.15, -0.1) is 0 Å². The van der Waals surface area contributed by atoms with Crippen LogP contribution in [0.5, 0.6) is 5.75 Å². The van der Waals surface area contributed by atoms with Crippen LogP contribution in [-0.4, -0.2) is 13.6 Å². The van der Waals surface area contributed by atoms with Crippen molar-refractivity contribution in [2.45, 2.75) is 18.7 Å². The first-order valence-corrected chi connectivity index (χ1v) is 6.95. The third-order valence-electron chi connectivity index (χ3n) is 3.22. The van der Waals surface area contributed by atoms with Crippen molar-refractivity contribution in [3.63, 3.8) is 0 Å². The lowest BCUT2D eigenvalue weighted by Gasteiger charge is -2.20. The average molecular weight is 311 g/mol. The molecule has 2 rings (SSSR count). The third kappa shape index (κ3) is 4.49. The molecule has 2 aromatic carbocycles. The zero-order valence-electron chi connectivity index (χ0n) is 13.2. The lowest BCUT2D eigenvalue weighted by molar-refractivity contribution is -0.137. The molecule has 5 heteroatoms. The molecular weight excluding hydrogens is 291 g/mol. The van der Waals surface area contributed by atoms with Gasteiger partial charge in [-0.1, -0.05) is 30.3 Å². The first kappa shape index (κ1) is 14.9. The Bertz CT molecular complexity index is 628. The van der Waals surface area contributed by atoms with Crippen LogP contribution in [0.4, 0.5) is 13.2 Å². The van der Waals surface area contributed by atoms with Crippen LogP contribution < -0.4 is 10.1 Å². The van der Waals surface area contributed by atoms with E-state index in [1.165, 1.54) is 12.1 Å². The molecule has 0 saturated heterocycles. The maximum atomic E-state index is 12.6. The minimum absolute atomic E-state index is 0.329. The molecule has 0 aliphatic rings. The maximum Gasteiger partial charge on any atom is 0.416 e. The molecule has 0 saturated carbocycles. The average Bonchev–Trinajstić information content (AvgIpc) is 2.51. The van der Waals surface area contributed by atoms with Crippen molar-refractivity contribution < 1.29 is 19.3 Å². The van der Waals surface area contributed by atoms with Gasteiger partial charge in [0.05, 0.1) is 6.93 Å². The van der Waals surface area contributed by atoms with E-state index in [1.54, 1.807) is 18.2 Å². The number of halogens is 3. The van der Waals surface area contributed by atoms with Gasteiger partial charge in [0.25, 0.3) is 0 Å². The molecule has 0 heterocycles. The van der Waals surface area contributed by atoms with Gasteiger partial charge >= 0.3 is 6.18 Å². The fraction of sp³-hybridized carbons (Fsp3) is 0.294. The summed E-state index contributed by atoms with van der Waals surface area (Å²) in [6.45, 7) is 0.688. The summed E-state index contributed by atoms with van der Waals surface area (Å²) in [6, 6.07) is 12.0. The van der Waals surface area contributed by atoms with Crippen LogP contribution in [-0.2, 0) is 6.18 Å². The van der Waals surface area contributed by atoms with E-state index in [2.05, 4.69) is 5.32 Å². The molecule has 0 bridgehead atoms. The molecule has 0 fully saturated rings. The molecule has 1 atom stereocenters. The Hall–Kier alpha value is -2.01. The first-order chi connectivity index (χ1) is 10.9. The van der Waals surface area contributed by atoms with Crippen LogP contribution in [0, 0.1) is 0 Å². The van der Waals surface area contributed by atoms with Gasteiger partial charge in [-0.05, 0) is 43.4 Å². The fourth-order valence-corrected chi connectivity index (χ4v) is 2.06. The second kappa shape index (κ2) is 7.31. The molecular formula is C17H18F3NO. The fourth-order valence-electron chi connectivity index (χ4n) is 2.06. The van der Waals surface area contributed by atoms with Gasteiger partial charge in [-0.25, -0.2) is 0 Å². The topological polar surface area (TPSA) is 21.3 Å². The highest BCUT2D eigenvalue weighted by molar-refractivity contribution is 5.30.